The summed E-state index contributed by atoms with van der Waals surface area (Å²) in [5.74, 6) is 1.17. The van der Waals surface area contributed by atoms with Crippen LogP contribution in [-0.2, 0) is 13.6 Å². The van der Waals surface area contributed by atoms with Gasteiger partial charge in [0.2, 0.25) is 0 Å². The van der Waals surface area contributed by atoms with E-state index in [-0.39, 0.29) is 11.7 Å². The maximum atomic E-state index is 12.3. The fourth-order valence-electron chi connectivity index (χ4n) is 2.76. The predicted molar refractivity (Wildman–Crippen MR) is 91.0 cm³/mol. The first-order valence-corrected chi connectivity index (χ1v) is 7.91. The van der Waals surface area contributed by atoms with Gasteiger partial charge in [-0.15, -0.1) is 0 Å². The van der Waals surface area contributed by atoms with Crippen LogP contribution in [0.4, 0.5) is 0 Å². The molecule has 1 amide bonds. The van der Waals surface area contributed by atoms with Crippen LogP contribution in [-0.4, -0.2) is 36.9 Å². The van der Waals surface area contributed by atoms with E-state index in [0.29, 0.717) is 30.0 Å². The van der Waals surface area contributed by atoms with Gasteiger partial charge in [0.25, 0.3) is 5.91 Å². The number of amides is 1. The number of aromatic hydroxyl groups is 1. The van der Waals surface area contributed by atoms with Gasteiger partial charge in [0.05, 0.1) is 17.1 Å². The predicted octanol–water partition coefficient (Wildman–Crippen LogP) is 2.03. The summed E-state index contributed by atoms with van der Waals surface area (Å²) in [6.45, 7) is 5.31. The molecule has 24 heavy (non-hydrogen) atoms. The number of carbonyl (C=O) groups is 1. The molecule has 2 aromatic heterocycles. The number of aromatic nitrogens is 4. The topological polar surface area (TPSA) is 85.0 Å². The number of benzene rings is 1. The van der Waals surface area contributed by atoms with Crippen LogP contribution in [0.2, 0.25) is 0 Å². The molecule has 0 spiro atoms. The van der Waals surface area contributed by atoms with E-state index in [1.807, 2.05) is 10.8 Å². The minimum atomic E-state index is -0.223. The molecule has 2 heterocycles. The fourth-order valence-corrected chi connectivity index (χ4v) is 2.76. The number of phenols is 1. The number of nitrogens with one attached hydrogen (secondary N) is 1. The molecule has 0 bridgehead atoms. The van der Waals surface area contributed by atoms with Crippen molar-refractivity contribution in [3.63, 3.8) is 0 Å². The summed E-state index contributed by atoms with van der Waals surface area (Å²) in [7, 11) is 1.77. The van der Waals surface area contributed by atoms with Crippen LogP contribution < -0.4 is 5.32 Å². The van der Waals surface area contributed by atoms with Crippen LogP contribution in [0.25, 0.3) is 10.9 Å². The maximum Gasteiger partial charge on any atom is 0.251 e. The molecule has 1 aromatic carbocycles. The number of imidazole rings is 1. The molecule has 7 nitrogen and oxygen atoms in total. The third-order valence-corrected chi connectivity index (χ3v) is 4.01. The molecule has 2 N–H and O–H groups in total. The molecule has 7 heteroatoms. The zero-order valence-electron chi connectivity index (χ0n) is 14.0. The highest BCUT2D eigenvalue weighted by Crippen LogP contribution is 2.25. The first-order chi connectivity index (χ1) is 11.5. The minimum absolute atomic E-state index is 0.0578. The van der Waals surface area contributed by atoms with Gasteiger partial charge in [-0.25, -0.2) is 4.98 Å². The summed E-state index contributed by atoms with van der Waals surface area (Å²) in [5, 5.41) is 17.6. The van der Waals surface area contributed by atoms with Crippen LogP contribution >= 0.6 is 0 Å². The summed E-state index contributed by atoms with van der Waals surface area (Å²) < 4.78 is 3.67. The molecule has 3 rings (SSSR count). The Morgan fingerprint density at radius 1 is 1.38 bits per heavy atom. The molecule has 3 aromatic rings. The van der Waals surface area contributed by atoms with E-state index in [9.17, 15) is 9.90 Å². The van der Waals surface area contributed by atoms with Crippen LogP contribution in [0.5, 0.6) is 5.75 Å². The molecule has 0 saturated heterocycles. The van der Waals surface area contributed by atoms with E-state index in [0.717, 1.165) is 11.3 Å². The van der Waals surface area contributed by atoms with Gasteiger partial charge >= 0.3 is 0 Å². The molecule has 0 atom stereocenters. The first kappa shape index (κ1) is 16.0. The maximum absolute atomic E-state index is 12.3. The van der Waals surface area contributed by atoms with E-state index in [2.05, 4.69) is 29.2 Å². The average molecular weight is 327 g/mol. The van der Waals surface area contributed by atoms with E-state index >= 15 is 0 Å². The number of phenolic OH excluding ortho intramolecular Hbond substituents is 1. The quantitative estimate of drug-likeness (QED) is 0.751. The zero-order chi connectivity index (χ0) is 17.3. The van der Waals surface area contributed by atoms with Crippen molar-refractivity contribution < 1.29 is 9.90 Å². The molecule has 0 fully saturated rings. The lowest BCUT2D eigenvalue weighted by atomic mass is 10.1. The highest BCUT2D eigenvalue weighted by atomic mass is 16.3. The van der Waals surface area contributed by atoms with Gasteiger partial charge in [0.1, 0.15) is 11.6 Å². The molecule has 0 aliphatic rings. The van der Waals surface area contributed by atoms with Crippen LogP contribution in [0.1, 0.15) is 35.9 Å². The normalized spacial score (nSPS) is 11.3. The van der Waals surface area contributed by atoms with Gasteiger partial charge < -0.3 is 15.0 Å². The third kappa shape index (κ3) is 2.97. The average Bonchev–Trinajstić information content (AvgIpc) is 3.15. The van der Waals surface area contributed by atoms with Crippen molar-refractivity contribution in [2.24, 2.45) is 7.05 Å². The number of hydrogen-bond acceptors (Lipinski definition) is 4. The molecule has 0 saturated carbocycles. The van der Waals surface area contributed by atoms with Gasteiger partial charge in [-0.1, -0.05) is 13.8 Å². The van der Waals surface area contributed by atoms with E-state index in [1.54, 1.807) is 30.2 Å². The van der Waals surface area contributed by atoms with Crippen molar-refractivity contribution in [2.45, 2.75) is 26.3 Å². The third-order valence-electron chi connectivity index (χ3n) is 4.01. The summed E-state index contributed by atoms with van der Waals surface area (Å²) in [4.78, 5) is 16.7. The Bertz CT molecular complexity index is 878. The van der Waals surface area contributed by atoms with Crippen molar-refractivity contribution in [2.75, 3.05) is 6.54 Å². The molecular formula is C17H21N5O2. The summed E-state index contributed by atoms with van der Waals surface area (Å²) >= 11 is 0. The van der Waals surface area contributed by atoms with Crippen molar-refractivity contribution >= 4 is 16.8 Å². The Hall–Kier alpha value is -2.83. The van der Waals surface area contributed by atoms with Crippen LogP contribution in [0.15, 0.2) is 30.7 Å². The summed E-state index contributed by atoms with van der Waals surface area (Å²) in [6.07, 6.45) is 5.26. The second kappa shape index (κ2) is 6.35. The highest BCUT2D eigenvalue weighted by Gasteiger charge is 2.13. The Balaban J connectivity index is 1.69. The van der Waals surface area contributed by atoms with Crippen molar-refractivity contribution in [3.05, 3.63) is 42.1 Å². The Morgan fingerprint density at radius 3 is 2.92 bits per heavy atom. The molecule has 0 unspecified atom stereocenters. The smallest absolute Gasteiger partial charge is 0.251 e. The lowest BCUT2D eigenvalue weighted by Gasteiger charge is -2.11. The largest absolute Gasteiger partial charge is 0.507 e. The summed E-state index contributed by atoms with van der Waals surface area (Å²) in [6, 6.07) is 3.20. The van der Waals surface area contributed by atoms with Gasteiger partial charge in [-0.2, -0.15) is 5.10 Å². The van der Waals surface area contributed by atoms with Gasteiger partial charge in [-0.3, -0.25) is 9.48 Å². The number of rotatable bonds is 5. The van der Waals surface area contributed by atoms with Gasteiger partial charge in [0.15, 0.2) is 0 Å². The molecular weight excluding hydrogens is 306 g/mol. The Morgan fingerprint density at radius 2 is 2.17 bits per heavy atom. The first-order valence-electron chi connectivity index (χ1n) is 7.91. The number of fused-ring (bicyclic) bond motifs is 1. The number of aryl methyl sites for hydroxylation is 1. The van der Waals surface area contributed by atoms with Crippen molar-refractivity contribution in [1.29, 1.82) is 0 Å². The zero-order valence-corrected chi connectivity index (χ0v) is 14.0. The molecule has 0 radical (unpaired) electrons. The van der Waals surface area contributed by atoms with E-state index < -0.39 is 0 Å². The summed E-state index contributed by atoms with van der Waals surface area (Å²) in [5.41, 5.74) is 1.13. The van der Waals surface area contributed by atoms with Gasteiger partial charge in [0, 0.05) is 44.0 Å². The number of carbonyl (C=O) groups excluding carboxylic acids is 1. The lowest BCUT2D eigenvalue weighted by molar-refractivity contribution is 0.0952. The van der Waals surface area contributed by atoms with Gasteiger partial charge in [-0.05, 0) is 12.1 Å². The second-order valence-electron chi connectivity index (χ2n) is 6.09. The van der Waals surface area contributed by atoms with E-state index in [1.165, 1.54) is 6.07 Å². The van der Waals surface area contributed by atoms with Crippen LogP contribution in [0, 0.1) is 0 Å². The van der Waals surface area contributed by atoms with Crippen LogP contribution in [0.3, 0.4) is 0 Å². The Kier molecular flexibility index (Phi) is 4.24. The standard InChI is InChI=1S/C17H21N5O2/c1-11(2)16-18-4-6-22(16)7-5-19-17(24)12-8-14-13(15(23)9-12)10-20-21(14)3/h4,6,8-11,23H,5,7H2,1-3H3,(H,19,24). The molecule has 126 valence electrons. The second-order valence-corrected chi connectivity index (χ2v) is 6.09. The van der Waals surface area contributed by atoms with E-state index in [4.69, 9.17) is 0 Å². The number of nitrogens with zero attached hydrogens (tertiary/aromatic N) is 4. The molecule has 0 aliphatic heterocycles. The minimum Gasteiger partial charge on any atom is -0.507 e. The monoisotopic (exact) mass is 327 g/mol. The fraction of sp³-hybridized carbons (Fsp3) is 0.353. The lowest BCUT2D eigenvalue weighted by Crippen LogP contribution is -2.27. The van der Waals surface area contributed by atoms with Crippen molar-refractivity contribution in [3.8, 4) is 5.75 Å². The van der Waals surface area contributed by atoms with Crippen molar-refractivity contribution in [1.82, 2.24) is 24.6 Å². The SMILES string of the molecule is CC(C)c1nccn1CCNC(=O)c1cc(O)c2cnn(C)c2c1. The number of hydrogen-bond donors (Lipinski definition) is 2. The molecule has 0 aliphatic carbocycles. The Labute approximate surface area is 139 Å². The highest BCUT2D eigenvalue weighted by molar-refractivity contribution is 5.99.